The van der Waals surface area contributed by atoms with Gasteiger partial charge in [0.2, 0.25) is 0 Å². The van der Waals surface area contributed by atoms with Gasteiger partial charge in [-0.2, -0.15) is 0 Å². The number of rotatable bonds is 4. The van der Waals surface area contributed by atoms with Gasteiger partial charge in [-0.25, -0.2) is 0 Å². The molecule has 23 heavy (non-hydrogen) atoms. The quantitative estimate of drug-likeness (QED) is 0.449. The van der Waals surface area contributed by atoms with Gasteiger partial charge in [0, 0.05) is 0 Å². The summed E-state index contributed by atoms with van der Waals surface area (Å²) in [5.74, 6) is 0. The van der Waals surface area contributed by atoms with E-state index in [1.165, 1.54) is 36.4 Å². The summed E-state index contributed by atoms with van der Waals surface area (Å²) >= 11 is 0. The van der Waals surface area contributed by atoms with Crippen LogP contribution in [0.1, 0.15) is 0 Å². The number of anilines is 2. The van der Waals surface area contributed by atoms with Crippen LogP contribution >= 0.6 is 0 Å². The minimum Gasteiger partial charge on any atom is -0.148 e. The Labute approximate surface area is 127 Å². The first kappa shape index (κ1) is 16.9. The third-order valence-electron chi connectivity index (χ3n) is 2.61. The van der Waals surface area contributed by atoms with Crippen LogP contribution in [0.2, 0.25) is 0 Å². The summed E-state index contributed by atoms with van der Waals surface area (Å²) in [5.41, 5.74) is -1.18. The summed E-state index contributed by atoms with van der Waals surface area (Å²) in [6.07, 6.45) is -10.4. The first-order chi connectivity index (χ1) is 10.7. The van der Waals surface area contributed by atoms with Gasteiger partial charge >= 0.3 is 12.6 Å². The zero-order valence-corrected chi connectivity index (χ0v) is 11.3. The second-order valence-corrected chi connectivity index (χ2v) is 4.28. The summed E-state index contributed by atoms with van der Waals surface area (Å²) < 4.78 is 78.5. The molecule has 0 N–H and O–H groups in total. The lowest BCUT2D eigenvalue weighted by Crippen LogP contribution is -2.49. The van der Waals surface area contributed by atoms with E-state index in [9.17, 15) is 26.3 Å². The van der Waals surface area contributed by atoms with E-state index in [1.807, 2.05) is 0 Å². The van der Waals surface area contributed by atoms with Crippen molar-refractivity contribution >= 4 is 11.4 Å². The van der Waals surface area contributed by atoms with E-state index in [2.05, 4.69) is 4.94 Å². The third-order valence-corrected chi connectivity index (χ3v) is 2.61. The molecular formula is C14H10F6N2O. The molecule has 0 saturated carbocycles. The molecule has 0 amide bonds. The number of benzene rings is 2. The van der Waals surface area contributed by atoms with Crippen molar-refractivity contribution < 1.29 is 31.3 Å². The zero-order valence-electron chi connectivity index (χ0n) is 11.3. The second-order valence-electron chi connectivity index (χ2n) is 4.28. The van der Waals surface area contributed by atoms with Crippen LogP contribution in [-0.2, 0) is 4.94 Å². The first-order valence-electron chi connectivity index (χ1n) is 6.21. The standard InChI is InChI=1S/C14H10F6N2O/c15-13(16,17)21(11-7-3-1-4-8-11)23-22(14(18,19)20)12-9-5-2-6-10-12/h1-10H. The number of halogens is 6. The summed E-state index contributed by atoms with van der Waals surface area (Å²) in [6.45, 7) is 0. The Morgan fingerprint density at radius 1 is 0.565 bits per heavy atom. The molecule has 0 aliphatic rings. The van der Waals surface area contributed by atoms with Crippen LogP contribution in [0.4, 0.5) is 37.7 Å². The second kappa shape index (κ2) is 6.37. The van der Waals surface area contributed by atoms with Crippen molar-refractivity contribution in [2.75, 3.05) is 10.1 Å². The van der Waals surface area contributed by atoms with Gasteiger partial charge < -0.3 is 0 Å². The van der Waals surface area contributed by atoms with Crippen LogP contribution in [-0.4, -0.2) is 12.6 Å². The Morgan fingerprint density at radius 2 is 0.870 bits per heavy atom. The van der Waals surface area contributed by atoms with E-state index in [4.69, 9.17) is 0 Å². The molecule has 0 saturated heterocycles. The van der Waals surface area contributed by atoms with Gasteiger partial charge in [-0.1, -0.05) is 36.4 Å². The number of hydrogen-bond donors (Lipinski definition) is 0. The number of hydrogen-bond acceptors (Lipinski definition) is 3. The molecule has 0 fully saturated rings. The molecule has 0 unspecified atom stereocenters. The number of nitrogens with zero attached hydrogens (tertiary/aromatic N) is 2. The molecule has 0 heterocycles. The summed E-state index contributed by atoms with van der Waals surface area (Å²) in [5, 5.41) is -1.51. The highest BCUT2D eigenvalue weighted by Gasteiger charge is 2.47. The largest absolute Gasteiger partial charge is 0.510 e. The minimum absolute atomic E-state index is 0.592. The topological polar surface area (TPSA) is 15.7 Å². The Morgan fingerprint density at radius 3 is 1.13 bits per heavy atom. The van der Waals surface area contributed by atoms with Crippen LogP contribution in [0, 0.1) is 0 Å². The van der Waals surface area contributed by atoms with Crippen LogP contribution in [0.5, 0.6) is 0 Å². The highest BCUT2D eigenvalue weighted by molar-refractivity contribution is 5.47. The van der Waals surface area contributed by atoms with E-state index in [1.54, 1.807) is 0 Å². The van der Waals surface area contributed by atoms with Gasteiger partial charge in [0.25, 0.3) is 0 Å². The van der Waals surface area contributed by atoms with Crippen LogP contribution in [0.15, 0.2) is 60.7 Å². The number of alkyl halides is 6. The van der Waals surface area contributed by atoms with Gasteiger partial charge in [-0.05, 0) is 24.3 Å². The fourth-order valence-corrected chi connectivity index (χ4v) is 1.69. The van der Waals surface area contributed by atoms with Crippen LogP contribution in [0.3, 0.4) is 0 Å². The van der Waals surface area contributed by atoms with Crippen molar-refractivity contribution in [3.63, 3.8) is 0 Å². The lowest BCUT2D eigenvalue weighted by molar-refractivity contribution is -0.245. The van der Waals surface area contributed by atoms with Gasteiger partial charge in [0.15, 0.2) is 0 Å². The number of para-hydroxylation sites is 2. The number of hydroxylamine groups is 2. The van der Waals surface area contributed by atoms with Crippen molar-refractivity contribution in [3.8, 4) is 0 Å². The predicted molar refractivity (Wildman–Crippen MR) is 71.0 cm³/mol. The van der Waals surface area contributed by atoms with Crippen molar-refractivity contribution in [1.29, 1.82) is 0 Å². The molecule has 2 aromatic carbocycles. The first-order valence-corrected chi connectivity index (χ1v) is 6.21. The average molecular weight is 336 g/mol. The molecule has 0 aliphatic heterocycles. The van der Waals surface area contributed by atoms with E-state index in [0.717, 1.165) is 24.3 Å². The fourth-order valence-electron chi connectivity index (χ4n) is 1.69. The molecule has 0 spiro atoms. The Kier molecular flexibility index (Phi) is 4.69. The van der Waals surface area contributed by atoms with Gasteiger partial charge in [0.1, 0.15) is 0 Å². The molecule has 0 radical (unpaired) electrons. The highest BCUT2D eigenvalue weighted by Crippen LogP contribution is 2.35. The maximum Gasteiger partial charge on any atom is 0.510 e. The van der Waals surface area contributed by atoms with E-state index in [0.29, 0.717) is 0 Å². The lowest BCUT2D eigenvalue weighted by atomic mass is 10.3. The average Bonchev–Trinajstić information content (AvgIpc) is 2.47. The smallest absolute Gasteiger partial charge is 0.148 e. The monoisotopic (exact) mass is 336 g/mol. The molecule has 3 nitrogen and oxygen atoms in total. The maximum absolute atomic E-state index is 13.1. The van der Waals surface area contributed by atoms with Gasteiger partial charge in [-0.3, -0.25) is 0 Å². The molecule has 0 aromatic heterocycles. The van der Waals surface area contributed by atoms with Crippen molar-refractivity contribution in [1.82, 2.24) is 0 Å². The molecule has 2 aromatic rings. The predicted octanol–water partition coefficient (Wildman–Crippen LogP) is 4.89. The Bertz CT molecular complexity index is 559. The van der Waals surface area contributed by atoms with Crippen molar-refractivity contribution in [2.24, 2.45) is 0 Å². The lowest BCUT2D eigenvalue weighted by Gasteiger charge is -2.32. The van der Waals surface area contributed by atoms with E-state index < -0.39 is 34.1 Å². The summed E-state index contributed by atoms with van der Waals surface area (Å²) in [7, 11) is 0. The van der Waals surface area contributed by atoms with Crippen LogP contribution < -0.4 is 10.1 Å². The molecule has 0 atom stereocenters. The molecule has 0 bridgehead atoms. The van der Waals surface area contributed by atoms with Crippen molar-refractivity contribution in [3.05, 3.63) is 60.7 Å². The zero-order chi connectivity index (χ0) is 17.1. The Balaban J connectivity index is 2.39. The fraction of sp³-hybridized carbons (Fsp3) is 0.143. The molecule has 124 valence electrons. The maximum atomic E-state index is 13.1. The van der Waals surface area contributed by atoms with E-state index in [-0.39, 0.29) is 0 Å². The highest BCUT2D eigenvalue weighted by atomic mass is 19.4. The minimum atomic E-state index is -5.18. The Hall–Kier alpha value is -2.42. The molecular weight excluding hydrogens is 326 g/mol. The molecule has 2 rings (SSSR count). The molecule has 0 aliphatic carbocycles. The normalized spacial score (nSPS) is 12.1. The SMILES string of the molecule is FC(F)(F)N(ON(c1ccccc1)C(F)(F)F)c1ccccc1. The van der Waals surface area contributed by atoms with Crippen molar-refractivity contribution in [2.45, 2.75) is 12.6 Å². The summed E-state index contributed by atoms with van der Waals surface area (Å²) in [6, 6.07) is 11.8. The van der Waals surface area contributed by atoms with E-state index >= 15 is 0 Å². The van der Waals surface area contributed by atoms with Crippen LogP contribution in [0.25, 0.3) is 0 Å². The molecule has 9 heteroatoms. The van der Waals surface area contributed by atoms with Gasteiger partial charge in [-0.15, -0.1) is 41.4 Å². The third kappa shape index (κ3) is 4.28. The summed E-state index contributed by atoms with van der Waals surface area (Å²) in [4.78, 5) is 4.17. The van der Waals surface area contributed by atoms with Gasteiger partial charge in [0.05, 0.1) is 11.4 Å².